The molecule has 0 bridgehead atoms. The van der Waals surface area contributed by atoms with Gasteiger partial charge in [-0.1, -0.05) is 6.07 Å². The molecule has 7 heteroatoms. The van der Waals surface area contributed by atoms with Crippen molar-refractivity contribution in [3.63, 3.8) is 0 Å². The molecule has 3 aromatic rings. The van der Waals surface area contributed by atoms with Gasteiger partial charge < -0.3 is 4.90 Å². The lowest BCUT2D eigenvalue weighted by Gasteiger charge is -2.34. The Morgan fingerprint density at radius 3 is 2.50 bits per heavy atom. The van der Waals surface area contributed by atoms with Gasteiger partial charge in [-0.15, -0.1) is 0 Å². The van der Waals surface area contributed by atoms with Crippen molar-refractivity contribution in [2.24, 2.45) is 0 Å². The molecule has 0 radical (unpaired) electrons. The van der Waals surface area contributed by atoms with Crippen LogP contribution in [0.2, 0.25) is 0 Å². The Labute approximate surface area is 163 Å². The monoisotopic (exact) mass is 379 g/mol. The van der Waals surface area contributed by atoms with Gasteiger partial charge in [-0.3, -0.25) is 14.7 Å². The van der Waals surface area contributed by atoms with E-state index in [1.807, 2.05) is 24.1 Å². The van der Waals surface area contributed by atoms with E-state index in [1.165, 1.54) is 17.7 Å². The standard InChI is InChI=1S/C21H22FN5O/c1-16-20(14-24-27(16)19-6-4-18(22)5-7-19)21(28)26-11-9-25(10-12-26)15-17-3-2-8-23-13-17/h2-8,13-14H,9-12,15H2,1H3. The predicted octanol–water partition coefficient (Wildman–Crippen LogP) is 2.67. The van der Waals surface area contributed by atoms with E-state index in [4.69, 9.17) is 0 Å². The van der Waals surface area contributed by atoms with E-state index in [1.54, 1.807) is 29.2 Å². The van der Waals surface area contributed by atoms with Crippen molar-refractivity contribution in [1.29, 1.82) is 0 Å². The van der Waals surface area contributed by atoms with Crippen molar-refractivity contribution in [3.05, 3.63) is 77.6 Å². The second kappa shape index (κ2) is 7.90. The van der Waals surface area contributed by atoms with Gasteiger partial charge in [-0.05, 0) is 42.8 Å². The van der Waals surface area contributed by atoms with E-state index >= 15 is 0 Å². The summed E-state index contributed by atoms with van der Waals surface area (Å²) < 4.78 is 14.8. The molecule has 0 spiro atoms. The lowest BCUT2D eigenvalue weighted by molar-refractivity contribution is 0.0627. The highest BCUT2D eigenvalue weighted by molar-refractivity contribution is 5.95. The molecule has 1 aromatic carbocycles. The fourth-order valence-electron chi connectivity index (χ4n) is 3.49. The number of carbonyl (C=O) groups is 1. The third-order valence-electron chi connectivity index (χ3n) is 5.10. The highest BCUT2D eigenvalue weighted by Crippen LogP contribution is 2.18. The predicted molar refractivity (Wildman–Crippen MR) is 104 cm³/mol. The first-order chi connectivity index (χ1) is 13.6. The van der Waals surface area contributed by atoms with Gasteiger partial charge in [0.25, 0.3) is 5.91 Å². The summed E-state index contributed by atoms with van der Waals surface area (Å²) in [6, 6.07) is 10.1. The Morgan fingerprint density at radius 1 is 1.07 bits per heavy atom. The number of nitrogens with zero attached hydrogens (tertiary/aromatic N) is 5. The number of rotatable bonds is 4. The Hall–Kier alpha value is -3.06. The topological polar surface area (TPSA) is 54.3 Å². The van der Waals surface area contributed by atoms with Crippen molar-refractivity contribution >= 4 is 5.91 Å². The van der Waals surface area contributed by atoms with Crippen molar-refractivity contribution in [3.8, 4) is 5.69 Å². The minimum Gasteiger partial charge on any atom is -0.336 e. The molecule has 1 aliphatic rings. The van der Waals surface area contributed by atoms with Gasteiger partial charge in [0.05, 0.1) is 23.1 Å². The van der Waals surface area contributed by atoms with Crippen LogP contribution in [0.4, 0.5) is 4.39 Å². The van der Waals surface area contributed by atoms with Gasteiger partial charge in [-0.2, -0.15) is 5.10 Å². The van der Waals surface area contributed by atoms with Crippen molar-refractivity contribution < 1.29 is 9.18 Å². The molecule has 0 saturated carbocycles. The lowest BCUT2D eigenvalue weighted by Crippen LogP contribution is -2.48. The molecule has 1 saturated heterocycles. The van der Waals surface area contributed by atoms with Crippen LogP contribution in [0.15, 0.2) is 55.0 Å². The van der Waals surface area contributed by atoms with Gasteiger partial charge in [0.15, 0.2) is 0 Å². The summed E-state index contributed by atoms with van der Waals surface area (Å²) in [4.78, 5) is 21.3. The molecule has 0 unspecified atom stereocenters. The summed E-state index contributed by atoms with van der Waals surface area (Å²) in [5.41, 5.74) is 3.26. The number of aromatic nitrogens is 3. The molecule has 0 aliphatic carbocycles. The van der Waals surface area contributed by atoms with Crippen molar-refractivity contribution in [2.45, 2.75) is 13.5 Å². The number of halogens is 1. The summed E-state index contributed by atoms with van der Waals surface area (Å²) in [6.45, 7) is 5.72. The zero-order valence-corrected chi connectivity index (χ0v) is 15.8. The highest BCUT2D eigenvalue weighted by atomic mass is 19.1. The van der Waals surface area contributed by atoms with Crippen LogP contribution in [0, 0.1) is 12.7 Å². The quantitative estimate of drug-likeness (QED) is 0.699. The van der Waals surface area contributed by atoms with E-state index in [0.717, 1.165) is 31.0 Å². The van der Waals surface area contributed by atoms with Gasteiger partial charge in [0.1, 0.15) is 5.82 Å². The second-order valence-corrected chi connectivity index (χ2v) is 6.96. The van der Waals surface area contributed by atoms with Gasteiger partial charge in [0, 0.05) is 45.1 Å². The molecule has 2 aromatic heterocycles. The van der Waals surface area contributed by atoms with E-state index in [2.05, 4.69) is 21.0 Å². The number of benzene rings is 1. The first-order valence-corrected chi connectivity index (χ1v) is 9.33. The summed E-state index contributed by atoms with van der Waals surface area (Å²) >= 11 is 0. The maximum absolute atomic E-state index is 13.2. The second-order valence-electron chi connectivity index (χ2n) is 6.96. The van der Waals surface area contributed by atoms with E-state index in [9.17, 15) is 9.18 Å². The summed E-state index contributed by atoms with van der Waals surface area (Å²) in [6.07, 6.45) is 5.25. The molecule has 0 atom stereocenters. The fourth-order valence-corrected chi connectivity index (χ4v) is 3.49. The van der Waals surface area contributed by atoms with Crippen molar-refractivity contribution in [2.75, 3.05) is 26.2 Å². The van der Waals surface area contributed by atoms with Gasteiger partial charge in [0.2, 0.25) is 0 Å². The normalized spacial score (nSPS) is 15.0. The first-order valence-electron chi connectivity index (χ1n) is 9.33. The Bertz CT molecular complexity index is 947. The molecular weight excluding hydrogens is 357 g/mol. The molecule has 28 heavy (non-hydrogen) atoms. The number of piperazine rings is 1. The zero-order chi connectivity index (χ0) is 19.5. The molecule has 1 aliphatic heterocycles. The first kappa shape index (κ1) is 18.3. The fraction of sp³-hybridized carbons (Fsp3) is 0.286. The SMILES string of the molecule is Cc1c(C(=O)N2CCN(Cc3cccnc3)CC2)cnn1-c1ccc(F)cc1. The van der Waals surface area contributed by atoms with Crippen molar-refractivity contribution in [1.82, 2.24) is 24.6 Å². The van der Waals surface area contributed by atoms with Crippen LogP contribution in [-0.4, -0.2) is 56.7 Å². The Balaban J connectivity index is 1.41. The number of pyridine rings is 1. The molecule has 6 nitrogen and oxygen atoms in total. The summed E-state index contributed by atoms with van der Waals surface area (Å²) in [5.74, 6) is -0.305. The van der Waals surface area contributed by atoms with Gasteiger partial charge >= 0.3 is 0 Å². The summed E-state index contributed by atoms with van der Waals surface area (Å²) in [5, 5.41) is 4.33. The largest absolute Gasteiger partial charge is 0.336 e. The maximum Gasteiger partial charge on any atom is 0.257 e. The third-order valence-corrected chi connectivity index (χ3v) is 5.10. The van der Waals surface area contributed by atoms with Crippen LogP contribution in [0.5, 0.6) is 0 Å². The molecule has 144 valence electrons. The van der Waals surface area contributed by atoms with E-state index in [0.29, 0.717) is 18.7 Å². The van der Waals surface area contributed by atoms with Crippen LogP contribution in [-0.2, 0) is 6.54 Å². The Kier molecular flexibility index (Phi) is 5.16. The average molecular weight is 379 g/mol. The number of hydrogen-bond acceptors (Lipinski definition) is 4. The van der Waals surface area contributed by atoms with Crippen LogP contribution in [0.3, 0.4) is 0 Å². The lowest BCUT2D eigenvalue weighted by atomic mass is 10.2. The minimum absolute atomic E-state index is 0.00751. The Morgan fingerprint density at radius 2 is 1.82 bits per heavy atom. The van der Waals surface area contributed by atoms with Crippen LogP contribution in [0.25, 0.3) is 5.69 Å². The maximum atomic E-state index is 13.2. The highest BCUT2D eigenvalue weighted by Gasteiger charge is 2.25. The molecular formula is C21H22FN5O. The van der Waals surface area contributed by atoms with Crippen LogP contribution in [0.1, 0.15) is 21.6 Å². The van der Waals surface area contributed by atoms with Gasteiger partial charge in [-0.25, -0.2) is 9.07 Å². The van der Waals surface area contributed by atoms with E-state index < -0.39 is 0 Å². The van der Waals surface area contributed by atoms with E-state index in [-0.39, 0.29) is 11.7 Å². The molecule has 0 N–H and O–H groups in total. The molecule has 1 amide bonds. The van der Waals surface area contributed by atoms with Crippen LogP contribution < -0.4 is 0 Å². The molecule has 3 heterocycles. The average Bonchev–Trinajstić information content (AvgIpc) is 3.11. The zero-order valence-electron chi connectivity index (χ0n) is 15.8. The summed E-state index contributed by atoms with van der Waals surface area (Å²) in [7, 11) is 0. The smallest absolute Gasteiger partial charge is 0.257 e. The number of amides is 1. The third kappa shape index (κ3) is 3.80. The molecule has 4 rings (SSSR count). The molecule has 1 fully saturated rings. The minimum atomic E-state index is -0.297. The number of hydrogen-bond donors (Lipinski definition) is 0. The number of carbonyl (C=O) groups excluding carboxylic acids is 1. The van der Waals surface area contributed by atoms with Crippen LogP contribution >= 0.6 is 0 Å².